The maximum atomic E-state index is 12.7. The first-order valence-electron chi connectivity index (χ1n) is 8.83. The summed E-state index contributed by atoms with van der Waals surface area (Å²) >= 11 is 2.77. The summed E-state index contributed by atoms with van der Waals surface area (Å²) in [6.45, 7) is 4.62. The Morgan fingerprint density at radius 3 is 2.81 bits per heavy atom. The topological polar surface area (TPSA) is 75.7 Å². The van der Waals surface area contributed by atoms with Gasteiger partial charge >= 0.3 is 5.97 Å². The molecule has 0 aliphatic carbocycles. The predicted molar refractivity (Wildman–Crippen MR) is 107 cm³/mol. The molecular weight excluding hydrogens is 384 g/mol. The molecule has 2 aromatic heterocycles. The summed E-state index contributed by atoms with van der Waals surface area (Å²) in [5, 5.41) is 6.86. The minimum absolute atomic E-state index is 0.177. The number of likely N-dealkylation sites (tertiary alicyclic amines) is 1. The Kier molecular flexibility index (Phi) is 6.28. The molecule has 0 unspecified atom stereocenters. The number of hydrogen-bond donors (Lipinski definition) is 1. The van der Waals surface area contributed by atoms with Crippen LogP contribution in [0.15, 0.2) is 22.9 Å². The molecule has 3 rings (SSSR count). The molecule has 1 aliphatic heterocycles. The number of carbonyl (C=O) groups is 3. The zero-order valence-electron chi connectivity index (χ0n) is 15.3. The van der Waals surface area contributed by atoms with Gasteiger partial charge in [-0.15, -0.1) is 22.7 Å². The molecule has 0 spiro atoms. The van der Waals surface area contributed by atoms with Gasteiger partial charge in [-0.25, -0.2) is 4.79 Å². The van der Waals surface area contributed by atoms with Crippen molar-refractivity contribution < 1.29 is 19.1 Å². The lowest BCUT2D eigenvalue weighted by Crippen LogP contribution is -2.41. The molecule has 3 heterocycles. The van der Waals surface area contributed by atoms with Gasteiger partial charge in [0.05, 0.1) is 0 Å². The number of thiophene rings is 2. The minimum Gasteiger partial charge on any atom is -0.452 e. The number of anilines is 1. The molecule has 1 atom stereocenters. The van der Waals surface area contributed by atoms with Gasteiger partial charge in [-0.1, -0.05) is 13.0 Å². The van der Waals surface area contributed by atoms with Crippen LogP contribution in [0, 0.1) is 5.92 Å². The number of amides is 2. The summed E-state index contributed by atoms with van der Waals surface area (Å²) in [6, 6.07) is 3.80. The molecule has 1 aliphatic rings. The van der Waals surface area contributed by atoms with E-state index in [4.69, 9.17) is 4.74 Å². The van der Waals surface area contributed by atoms with Crippen LogP contribution >= 0.6 is 22.7 Å². The minimum atomic E-state index is -0.596. The van der Waals surface area contributed by atoms with Crippen molar-refractivity contribution in [3.05, 3.63) is 28.5 Å². The molecule has 2 aromatic rings. The van der Waals surface area contributed by atoms with Crippen molar-refractivity contribution in [1.29, 1.82) is 0 Å². The molecule has 2 amide bonds. The van der Waals surface area contributed by atoms with Gasteiger partial charge in [0, 0.05) is 35.8 Å². The molecule has 6 nitrogen and oxygen atoms in total. The fourth-order valence-corrected chi connectivity index (χ4v) is 4.95. The Morgan fingerprint density at radius 2 is 2.15 bits per heavy atom. The highest BCUT2D eigenvalue weighted by Crippen LogP contribution is 2.38. The summed E-state index contributed by atoms with van der Waals surface area (Å²) < 4.78 is 5.33. The quantitative estimate of drug-likeness (QED) is 0.765. The van der Waals surface area contributed by atoms with Gasteiger partial charge in [0.15, 0.2) is 6.61 Å². The van der Waals surface area contributed by atoms with E-state index >= 15 is 0 Å². The van der Waals surface area contributed by atoms with E-state index in [1.807, 2.05) is 22.9 Å². The number of ether oxygens (including phenoxy) is 1. The average Bonchev–Trinajstić information content (AvgIpc) is 3.28. The molecular formula is C19H22N2O4S2. The molecule has 1 fully saturated rings. The molecule has 27 heavy (non-hydrogen) atoms. The van der Waals surface area contributed by atoms with E-state index in [0.717, 1.165) is 17.7 Å². The maximum Gasteiger partial charge on any atom is 0.342 e. The number of esters is 1. The number of carbonyl (C=O) groups excluding carboxylic acids is 3. The van der Waals surface area contributed by atoms with Crippen molar-refractivity contribution in [2.75, 3.05) is 25.0 Å². The van der Waals surface area contributed by atoms with E-state index in [1.165, 1.54) is 29.6 Å². The smallest absolute Gasteiger partial charge is 0.342 e. The molecule has 1 saturated heterocycles. The lowest BCUT2D eigenvalue weighted by Gasteiger charge is -2.30. The Labute approximate surface area is 166 Å². The molecule has 1 N–H and O–H groups in total. The molecule has 8 heteroatoms. The van der Waals surface area contributed by atoms with E-state index in [1.54, 1.807) is 4.90 Å². The van der Waals surface area contributed by atoms with Crippen LogP contribution in [0.4, 0.5) is 5.00 Å². The monoisotopic (exact) mass is 406 g/mol. The second-order valence-corrected chi connectivity index (χ2v) is 8.50. The molecule has 144 valence electrons. The molecule has 0 bridgehead atoms. The Balaban J connectivity index is 1.74. The van der Waals surface area contributed by atoms with E-state index in [2.05, 4.69) is 12.2 Å². The highest BCUT2D eigenvalue weighted by atomic mass is 32.1. The van der Waals surface area contributed by atoms with E-state index in [-0.39, 0.29) is 18.4 Å². The largest absolute Gasteiger partial charge is 0.452 e. The first-order chi connectivity index (χ1) is 13.0. The van der Waals surface area contributed by atoms with Crippen LogP contribution in [-0.4, -0.2) is 42.4 Å². The summed E-state index contributed by atoms with van der Waals surface area (Å²) in [4.78, 5) is 39.3. The standard InChI is InChI=1S/C19H22N2O4S2/c1-12-5-3-7-21(9-12)16(23)10-25-19(24)17-14(15-6-4-8-26-15)11-27-18(17)20-13(2)22/h4,6,8,11-12H,3,5,7,9-10H2,1-2H3,(H,20,22)/t12-/m1/s1. The fraction of sp³-hybridized carbons (Fsp3) is 0.421. The van der Waals surface area contributed by atoms with Crippen LogP contribution in [-0.2, 0) is 14.3 Å². The Morgan fingerprint density at radius 1 is 1.33 bits per heavy atom. The van der Waals surface area contributed by atoms with Gasteiger partial charge in [-0.3, -0.25) is 9.59 Å². The third-order valence-electron chi connectivity index (χ3n) is 4.41. The summed E-state index contributed by atoms with van der Waals surface area (Å²) in [5.74, 6) is -0.570. The Bertz CT molecular complexity index is 829. The van der Waals surface area contributed by atoms with E-state index < -0.39 is 5.97 Å². The van der Waals surface area contributed by atoms with Gasteiger partial charge in [-0.05, 0) is 30.2 Å². The number of nitrogens with one attached hydrogen (secondary N) is 1. The molecule has 0 radical (unpaired) electrons. The van der Waals surface area contributed by atoms with Gasteiger partial charge in [0.1, 0.15) is 10.6 Å². The SMILES string of the molecule is CC(=O)Nc1scc(-c2cccs2)c1C(=O)OCC(=O)N1CCC[C@@H](C)C1. The van der Waals surface area contributed by atoms with Crippen LogP contribution in [0.3, 0.4) is 0 Å². The van der Waals surface area contributed by atoms with Crippen LogP contribution in [0.1, 0.15) is 37.0 Å². The van der Waals surface area contributed by atoms with Gasteiger partial charge in [-0.2, -0.15) is 0 Å². The van der Waals surface area contributed by atoms with E-state index in [9.17, 15) is 14.4 Å². The average molecular weight is 407 g/mol. The number of rotatable bonds is 5. The summed E-state index contributed by atoms with van der Waals surface area (Å²) in [7, 11) is 0. The normalized spacial score (nSPS) is 16.8. The fourth-order valence-electron chi connectivity index (χ4n) is 3.13. The van der Waals surface area contributed by atoms with Crippen LogP contribution in [0.25, 0.3) is 10.4 Å². The van der Waals surface area contributed by atoms with Gasteiger partial charge in [0.25, 0.3) is 5.91 Å². The van der Waals surface area contributed by atoms with Gasteiger partial charge in [0.2, 0.25) is 5.91 Å². The van der Waals surface area contributed by atoms with Crippen LogP contribution in [0.5, 0.6) is 0 Å². The first-order valence-corrected chi connectivity index (χ1v) is 10.6. The number of nitrogens with zero attached hydrogens (tertiary/aromatic N) is 1. The van der Waals surface area contributed by atoms with Crippen LogP contribution in [0.2, 0.25) is 0 Å². The maximum absolute atomic E-state index is 12.7. The molecule has 0 aromatic carbocycles. The summed E-state index contributed by atoms with van der Waals surface area (Å²) in [6.07, 6.45) is 2.09. The lowest BCUT2D eigenvalue weighted by atomic mass is 10.0. The predicted octanol–water partition coefficient (Wildman–Crippen LogP) is 3.85. The highest BCUT2D eigenvalue weighted by Gasteiger charge is 2.26. The molecule has 0 saturated carbocycles. The first kappa shape index (κ1) is 19.6. The van der Waals surface area contributed by atoms with Gasteiger partial charge < -0.3 is 15.0 Å². The van der Waals surface area contributed by atoms with Crippen molar-refractivity contribution in [3.8, 4) is 10.4 Å². The van der Waals surface area contributed by atoms with Crippen molar-refractivity contribution in [2.24, 2.45) is 5.92 Å². The van der Waals surface area contributed by atoms with E-state index in [0.29, 0.717) is 35.1 Å². The highest BCUT2D eigenvalue weighted by molar-refractivity contribution is 7.17. The van der Waals surface area contributed by atoms with Crippen molar-refractivity contribution in [1.82, 2.24) is 4.90 Å². The van der Waals surface area contributed by atoms with Crippen molar-refractivity contribution in [3.63, 3.8) is 0 Å². The number of piperidine rings is 1. The number of hydrogen-bond acceptors (Lipinski definition) is 6. The second kappa shape index (κ2) is 8.67. The van der Waals surface area contributed by atoms with Crippen molar-refractivity contribution in [2.45, 2.75) is 26.7 Å². The lowest BCUT2D eigenvalue weighted by molar-refractivity contribution is -0.136. The Hall–Kier alpha value is -2.19. The van der Waals surface area contributed by atoms with Crippen molar-refractivity contribution >= 4 is 45.5 Å². The van der Waals surface area contributed by atoms with Crippen LogP contribution < -0.4 is 5.32 Å². The third-order valence-corrected chi connectivity index (χ3v) is 6.21. The zero-order chi connectivity index (χ0) is 19.4. The second-order valence-electron chi connectivity index (χ2n) is 6.68. The summed E-state index contributed by atoms with van der Waals surface area (Å²) in [5.41, 5.74) is 1.01. The third kappa shape index (κ3) is 4.75. The zero-order valence-corrected chi connectivity index (χ0v) is 17.0.